The third-order valence-electron chi connectivity index (χ3n) is 8.10. The van der Waals surface area contributed by atoms with Gasteiger partial charge in [0.15, 0.2) is 5.82 Å². The zero-order valence-electron chi connectivity index (χ0n) is 22.3. The highest BCUT2D eigenvalue weighted by Gasteiger charge is 2.38. The standard InChI is InChI=1S/C28H30F2N8OS/c1-17-22(14-34-38(17)21-5-8-36(9-6-21)28(39)24-11-20(29)16-35(24)2)18-10-25(40-27-23(30)4-3-7-32-27)26-19(12-31)13-33-37(26)15-18/h3-4,7,10,13-15,20-21,24,28,39H,5-6,8-9,11,16H2,1-2H3/t20-,24+,28?/m1/s1. The van der Waals surface area contributed by atoms with E-state index >= 15 is 0 Å². The summed E-state index contributed by atoms with van der Waals surface area (Å²) in [5.74, 6) is -0.432. The van der Waals surface area contributed by atoms with Crippen LogP contribution in [0.2, 0.25) is 0 Å². The number of aliphatic hydroxyl groups is 1. The van der Waals surface area contributed by atoms with Crippen LogP contribution in [-0.2, 0) is 0 Å². The van der Waals surface area contributed by atoms with Crippen LogP contribution in [0.15, 0.2) is 52.9 Å². The lowest BCUT2D eigenvalue weighted by atomic mass is 10.0. The van der Waals surface area contributed by atoms with E-state index in [2.05, 4.69) is 16.2 Å². The fourth-order valence-corrected chi connectivity index (χ4v) is 6.94. The molecule has 2 aliphatic heterocycles. The first-order chi connectivity index (χ1) is 19.3. The van der Waals surface area contributed by atoms with Crippen LogP contribution in [0, 0.1) is 24.1 Å². The van der Waals surface area contributed by atoms with Crippen molar-refractivity contribution in [1.82, 2.24) is 34.2 Å². The van der Waals surface area contributed by atoms with Crippen molar-refractivity contribution in [3.8, 4) is 17.2 Å². The number of pyridine rings is 2. The zero-order chi connectivity index (χ0) is 28.0. The van der Waals surface area contributed by atoms with Gasteiger partial charge in [0.2, 0.25) is 0 Å². The molecular formula is C28H30F2N8OS. The molecule has 3 atom stereocenters. The Bertz CT molecular complexity index is 1570. The maximum absolute atomic E-state index is 14.5. The lowest BCUT2D eigenvalue weighted by Crippen LogP contribution is -2.51. The topological polar surface area (TPSA) is 98.5 Å². The Kier molecular flexibility index (Phi) is 7.31. The van der Waals surface area contributed by atoms with Crippen molar-refractivity contribution in [2.45, 2.75) is 60.6 Å². The highest BCUT2D eigenvalue weighted by atomic mass is 32.2. The van der Waals surface area contributed by atoms with Crippen molar-refractivity contribution in [2.24, 2.45) is 0 Å². The van der Waals surface area contributed by atoms with Crippen molar-refractivity contribution in [1.29, 1.82) is 5.26 Å². The van der Waals surface area contributed by atoms with Crippen molar-refractivity contribution in [2.75, 3.05) is 26.7 Å². The fraction of sp³-hybridized carbons (Fsp3) is 0.429. The summed E-state index contributed by atoms with van der Waals surface area (Å²) in [5, 5.41) is 29.9. The number of alkyl halides is 1. The summed E-state index contributed by atoms with van der Waals surface area (Å²) < 4.78 is 32.0. The van der Waals surface area contributed by atoms with Gasteiger partial charge in [0.25, 0.3) is 0 Å². The molecule has 1 unspecified atom stereocenters. The summed E-state index contributed by atoms with van der Waals surface area (Å²) in [6.07, 6.45) is 7.17. The smallest absolute Gasteiger partial charge is 0.155 e. The molecule has 12 heteroatoms. The number of nitrogens with zero attached hydrogens (tertiary/aromatic N) is 8. The van der Waals surface area contributed by atoms with Crippen molar-refractivity contribution < 1.29 is 13.9 Å². The molecule has 0 amide bonds. The highest BCUT2D eigenvalue weighted by molar-refractivity contribution is 7.99. The minimum Gasteiger partial charge on any atom is -0.377 e. The number of halogens is 2. The summed E-state index contributed by atoms with van der Waals surface area (Å²) >= 11 is 1.16. The lowest BCUT2D eigenvalue weighted by Gasteiger charge is -2.39. The van der Waals surface area contributed by atoms with E-state index in [0.717, 1.165) is 41.4 Å². The number of aliphatic hydroxyl groups excluding tert-OH is 1. The van der Waals surface area contributed by atoms with Crippen LogP contribution < -0.4 is 0 Å². The van der Waals surface area contributed by atoms with E-state index < -0.39 is 18.2 Å². The van der Waals surface area contributed by atoms with Gasteiger partial charge in [0.05, 0.1) is 35.6 Å². The molecule has 6 heterocycles. The lowest BCUT2D eigenvalue weighted by molar-refractivity contribution is -0.0591. The van der Waals surface area contributed by atoms with Crippen molar-refractivity contribution >= 4 is 17.3 Å². The molecular weight excluding hydrogens is 534 g/mol. The second-order valence-electron chi connectivity index (χ2n) is 10.6. The average Bonchev–Trinajstić information content (AvgIpc) is 3.65. The van der Waals surface area contributed by atoms with Crippen LogP contribution in [0.3, 0.4) is 0 Å². The minimum absolute atomic E-state index is 0.169. The van der Waals surface area contributed by atoms with Gasteiger partial charge in [-0.15, -0.1) is 0 Å². The normalized spacial score (nSPS) is 21.7. The van der Waals surface area contributed by atoms with Crippen LogP contribution in [0.25, 0.3) is 16.6 Å². The molecule has 6 rings (SSSR count). The van der Waals surface area contributed by atoms with Crippen molar-refractivity contribution in [3.63, 3.8) is 0 Å². The van der Waals surface area contributed by atoms with Crippen LogP contribution in [0.1, 0.15) is 36.6 Å². The molecule has 0 bridgehead atoms. The minimum atomic E-state index is -0.887. The number of likely N-dealkylation sites (tertiary alicyclic amines) is 2. The first kappa shape index (κ1) is 26.8. The SMILES string of the molecule is Cc1c(-c2cc(Sc3ncccc3F)c3c(C#N)cnn3c2)cnn1C1CCN(C(O)[C@@H]2C[C@@H](F)CN2C)CC1. The molecule has 0 aromatic carbocycles. The molecule has 4 aromatic heterocycles. The molecule has 9 nitrogen and oxygen atoms in total. The van der Waals surface area contributed by atoms with Gasteiger partial charge in [-0.1, -0.05) is 11.8 Å². The zero-order valence-corrected chi connectivity index (χ0v) is 23.1. The van der Waals surface area contributed by atoms with E-state index in [1.54, 1.807) is 10.6 Å². The number of likely N-dealkylation sites (N-methyl/N-ethyl adjacent to an activating group) is 1. The number of rotatable bonds is 6. The van der Waals surface area contributed by atoms with Crippen LogP contribution >= 0.6 is 11.8 Å². The van der Waals surface area contributed by atoms with Gasteiger partial charge >= 0.3 is 0 Å². The van der Waals surface area contributed by atoms with E-state index in [4.69, 9.17) is 5.10 Å². The summed E-state index contributed by atoms with van der Waals surface area (Å²) in [5.41, 5.74) is 3.76. The van der Waals surface area contributed by atoms with Gasteiger partial charge in [0.1, 0.15) is 23.5 Å². The Morgan fingerprint density at radius 3 is 2.73 bits per heavy atom. The van der Waals surface area contributed by atoms with Gasteiger partial charge in [-0.3, -0.25) is 14.5 Å². The van der Waals surface area contributed by atoms with Crippen molar-refractivity contribution in [3.05, 3.63) is 60.1 Å². The summed E-state index contributed by atoms with van der Waals surface area (Å²) in [4.78, 5) is 8.81. The molecule has 2 saturated heterocycles. The molecule has 208 valence electrons. The van der Waals surface area contributed by atoms with Crippen LogP contribution in [0.4, 0.5) is 8.78 Å². The third-order valence-corrected chi connectivity index (χ3v) is 9.12. The van der Waals surface area contributed by atoms with E-state index in [1.165, 1.54) is 18.5 Å². The largest absolute Gasteiger partial charge is 0.377 e. The molecule has 0 spiro atoms. The number of nitriles is 1. The summed E-state index contributed by atoms with van der Waals surface area (Å²) in [6.45, 7) is 3.80. The van der Waals surface area contributed by atoms with Gasteiger partial charge in [-0.2, -0.15) is 15.5 Å². The van der Waals surface area contributed by atoms with Gasteiger partial charge in [-0.25, -0.2) is 18.3 Å². The molecule has 1 N–H and O–H groups in total. The number of fused-ring (bicyclic) bond motifs is 1. The Labute approximate surface area is 235 Å². The van der Waals surface area contributed by atoms with E-state index in [0.29, 0.717) is 42.0 Å². The molecule has 4 aromatic rings. The quantitative estimate of drug-likeness (QED) is 0.375. The first-order valence-corrected chi connectivity index (χ1v) is 14.2. The maximum Gasteiger partial charge on any atom is 0.155 e. The summed E-state index contributed by atoms with van der Waals surface area (Å²) in [6, 6.07) is 6.99. The number of aromatic nitrogens is 5. The fourth-order valence-electron chi connectivity index (χ4n) is 5.97. The highest BCUT2D eigenvalue weighted by Crippen LogP contribution is 2.37. The van der Waals surface area contributed by atoms with Gasteiger partial charge < -0.3 is 5.11 Å². The molecule has 40 heavy (non-hydrogen) atoms. The Balaban J connectivity index is 1.25. The second kappa shape index (κ2) is 10.9. The van der Waals surface area contributed by atoms with Crippen LogP contribution in [-0.4, -0.2) is 84.4 Å². The second-order valence-corrected chi connectivity index (χ2v) is 11.6. The predicted octanol–water partition coefficient (Wildman–Crippen LogP) is 4.06. The number of hydrogen-bond donors (Lipinski definition) is 1. The number of piperidine rings is 1. The molecule has 2 aliphatic rings. The van der Waals surface area contributed by atoms with E-state index in [-0.39, 0.29) is 17.1 Å². The average molecular weight is 565 g/mol. The van der Waals surface area contributed by atoms with Gasteiger partial charge in [0, 0.05) is 53.7 Å². The molecule has 0 saturated carbocycles. The van der Waals surface area contributed by atoms with E-state index in [1.807, 2.05) is 46.9 Å². The Morgan fingerprint density at radius 1 is 1.23 bits per heavy atom. The maximum atomic E-state index is 14.5. The molecule has 0 aliphatic carbocycles. The first-order valence-electron chi connectivity index (χ1n) is 13.3. The summed E-state index contributed by atoms with van der Waals surface area (Å²) in [7, 11) is 1.87. The van der Waals surface area contributed by atoms with Gasteiger partial charge in [-0.05, 0) is 51.4 Å². The van der Waals surface area contributed by atoms with E-state index in [9.17, 15) is 19.1 Å². The monoisotopic (exact) mass is 564 g/mol. The molecule has 2 fully saturated rings. The Morgan fingerprint density at radius 2 is 2.02 bits per heavy atom. The van der Waals surface area contributed by atoms with Crippen LogP contribution in [0.5, 0.6) is 0 Å². The Hall–Kier alpha value is -3.37. The number of hydrogen-bond acceptors (Lipinski definition) is 8. The molecule has 0 radical (unpaired) electrons. The predicted molar refractivity (Wildman–Crippen MR) is 146 cm³/mol. The third kappa shape index (κ3) is 4.88.